The third-order valence-electron chi connectivity index (χ3n) is 0.720. The highest BCUT2D eigenvalue weighted by Crippen LogP contribution is 1.90. The van der Waals surface area contributed by atoms with E-state index in [4.69, 9.17) is 0 Å². The van der Waals surface area contributed by atoms with Crippen LogP contribution in [0.15, 0.2) is 0 Å². The first-order chi connectivity index (χ1) is 3.27. The number of hydrogen-bond acceptors (Lipinski definition) is 1. The van der Waals surface area contributed by atoms with E-state index in [0.717, 1.165) is 6.42 Å². The summed E-state index contributed by atoms with van der Waals surface area (Å²) >= 11 is 0. The first kappa shape index (κ1) is 6.67. The molecule has 0 rings (SSSR count). The maximum atomic E-state index is 10.2. The van der Waals surface area contributed by atoms with Crippen molar-refractivity contribution in [2.75, 3.05) is 0 Å². The summed E-state index contributed by atoms with van der Waals surface area (Å²) in [6.45, 7) is 3.63. The molecule has 0 atom stereocenters. The van der Waals surface area contributed by atoms with Crippen LogP contribution in [0.2, 0.25) is 0 Å². The van der Waals surface area contributed by atoms with Gasteiger partial charge in [0.2, 0.25) is 0 Å². The highest BCUT2D eigenvalue weighted by Gasteiger charge is 1.87. The van der Waals surface area contributed by atoms with Crippen LogP contribution in [0, 0.1) is 6.42 Å². The van der Waals surface area contributed by atoms with E-state index >= 15 is 0 Å². The molecule has 1 heteroatoms. The Balaban J connectivity index is 2.82. The molecule has 0 aliphatic heterocycles. The summed E-state index contributed by atoms with van der Waals surface area (Å²) in [7, 11) is 0. The van der Waals surface area contributed by atoms with Crippen LogP contribution in [0.5, 0.6) is 0 Å². The van der Waals surface area contributed by atoms with Crippen molar-refractivity contribution < 1.29 is 4.79 Å². The fourth-order valence-electron chi connectivity index (χ4n) is 0.348. The molecule has 0 aliphatic carbocycles. The third-order valence-corrected chi connectivity index (χ3v) is 0.720. The second-order valence-electron chi connectivity index (χ2n) is 1.60. The Morgan fingerprint density at radius 1 is 1.71 bits per heavy atom. The summed E-state index contributed by atoms with van der Waals surface area (Å²) in [5.74, 6) is 0.252. The molecule has 1 radical (unpaired) electrons. The summed E-state index contributed by atoms with van der Waals surface area (Å²) in [5.41, 5.74) is 0. The Kier molecular flexibility index (Phi) is 3.67. The standard InChI is InChI=1S/C6H11O/c1-3-4-5-6(2)7/h4H,3,5H2,1-2H3. The van der Waals surface area contributed by atoms with E-state index in [1.807, 2.05) is 13.3 Å². The summed E-state index contributed by atoms with van der Waals surface area (Å²) in [5, 5.41) is 0. The van der Waals surface area contributed by atoms with Crippen LogP contribution in [-0.2, 0) is 4.79 Å². The molecule has 1 nitrogen and oxygen atoms in total. The lowest BCUT2D eigenvalue weighted by Gasteiger charge is -1.86. The molecule has 0 bridgehead atoms. The maximum absolute atomic E-state index is 10.2. The molecule has 0 spiro atoms. The molecule has 0 unspecified atom stereocenters. The normalized spacial score (nSPS) is 8.86. The van der Waals surface area contributed by atoms with E-state index in [1.54, 1.807) is 6.92 Å². The first-order valence-electron chi connectivity index (χ1n) is 2.58. The van der Waals surface area contributed by atoms with Gasteiger partial charge in [-0.3, -0.25) is 0 Å². The lowest BCUT2D eigenvalue weighted by molar-refractivity contribution is -0.116. The number of hydrogen-bond donors (Lipinski definition) is 0. The topological polar surface area (TPSA) is 17.1 Å². The highest BCUT2D eigenvalue weighted by atomic mass is 16.1. The van der Waals surface area contributed by atoms with E-state index in [1.165, 1.54) is 0 Å². The number of carbonyl (C=O) groups excluding carboxylic acids is 1. The molecule has 0 saturated carbocycles. The summed E-state index contributed by atoms with van der Waals surface area (Å²) in [6, 6.07) is 0. The minimum Gasteiger partial charge on any atom is -0.300 e. The number of ketones is 1. The molecule has 0 fully saturated rings. The van der Waals surface area contributed by atoms with Gasteiger partial charge in [-0.05, 0) is 13.3 Å². The molecule has 7 heavy (non-hydrogen) atoms. The SMILES string of the molecule is CC[CH]CC(C)=O. The molecule has 0 amide bonds. The van der Waals surface area contributed by atoms with Crippen molar-refractivity contribution >= 4 is 5.78 Å². The zero-order chi connectivity index (χ0) is 5.70. The predicted octanol–water partition coefficient (Wildman–Crippen LogP) is 1.58. The van der Waals surface area contributed by atoms with Gasteiger partial charge in [0.25, 0.3) is 0 Å². The van der Waals surface area contributed by atoms with Gasteiger partial charge >= 0.3 is 0 Å². The maximum Gasteiger partial charge on any atom is 0.130 e. The predicted molar refractivity (Wildman–Crippen MR) is 29.9 cm³/mol. The average molecular weight is 99.2 g/mol. The van der Waals surface area contributed by atoms with Crippen LogP contribution < -0.4 is 0 Å². The van der Waals surface area contributed by atoms with Gasteiger partial charge in [-0.15, -0.1) is 0 Å². The Bertz CT molecular complexity index is 57.2. The van der Waals surface area contributed by atoms with Crippen molar-refractivity contribution in [1.29, 1.82) is 0 Å². The van der Waals surface area contributed by atoms with Crippen molar-refractivity contribution in [1.82, 2.24) is 0 Å². The third kappa shape index (κ3) is 5.67. The lowest BCUT2D eigenvalue weighted by Crippen LogP contribution is -1.87. The minimum atomic E-state index is 0.252. The number of Topliss-reactive ketones (excluding diaryl/α,β-unsaturated/α-hetero) is 1. The van der Waals surface area contributed by atoms with Gasteiger partial charge in [0.15, 0.2) is 0 Å². The Hall–Kier alpha value is -0.330. The van der Waals surface area contributed by atoms with Crippen molar-refractivity contribution in [3.8, 4) is 0 Å². The van der Waals surface area contributed by atoms with Crippen LogP contribution >= 0.6 is 0 Å². The lowest BCUT2D eigenvalue weighted by atomic mass is 10.2. The Labute approximate surface area is 44.7 Å². The fourth-order valence-corrected chi connectivity index (χ4v) is 0.348. The van der Waals surface area contributed by atoms with E-state index in [2.05, 4.69) is 0 Å². The van der Waals surface area contributed by atoms with Crippen LogP contribution in [-0.4, -0.2) is 5.78 Å². The summed E-state index contributed by atoms with van der Waals surface area (Å²) in [4.78, 5) is 10.2. The molecule has 0 N–H and O–H groups in total. The molecule has 41 valence electrons. The molecular weight excluding hydrogens is 88.1 g/mol. The van der Waals surface area contributed by atoms with Gasteiger partial charge in [-0.2, -0.15) is 0 Å². The first-order valence-corrected chi connectivity index (χ1v) is 2.58. The molecule has 0 aliphatic rings. The van der Waals surface area contributed by atoms with Gasteiger partial charge in [0.1, 0.15) is 5.78 Å². The van der Waals surface area contributed by atoms with Crippen LogP contribution in [0.3, 0.4) is 0 Å². The van der Waals surface area contributed by atoms with Crippen LogP contribution in [0.4, 0.5) is 0 Å². The second kappa shape index (κ2) is 3.85. The molecule has 0 saturated heterocycles. The van der Waals surface area contributed by atoms with Gasteiger partial charge in [-0.1, -0.05) is 13.3 Å². The molecule has 0 aromatic heterocycles. The van der Waals surface area contributed by atoms with Crippen molar-refractivity contribution in [2.24, 2.45) is 0 Å². The average Bonchev–Trinajstić information content (AvgIpc) is 1.61. The molecule has 0 aromatic rings. The zero-order valence-electron chi connectivity index (χ0n) is 4.90. The zero-order valence-corrected chi connectivity index (χ0v) is 4.90. The van der Waals surface area contributed by atoms with Gasteiger partial charge < -0.3 is 4.79 Å². The fraction of sp³-hybridized carbons (Fsp3) is 0.667. The molecule has 0 aromatic carbocycles. The number of unbranched alkanes of at least 4 members (excludes halogenated alkanes) is 1. The van der Waals surface area contributed by atoms with Gasteiger partial charge in [0.05, 0.1) is 0 Å². The van der Waals surface area contributed by atoms with E-state index in [0.29, 0.717) is 6.42 Å². The highest BCUT2D eigenvalue weighted by molar-refractivity contribution is 5.76. The second-order valence-corrected chi connectivity index (χ2v) is 1.60. The van der Waals surface area contributed by atoms with Gasteiger partial charge in [-0.25, -0.2) is 0 Å². The number of carbonyl (C=O) groups is 1. The minimum absolute atomic E-state index is 0.252. The largest absolute Gasteiger partial charge is 0.300 e. The monoisotopic (exact) mass is 99.1 g/mol. The van der Waals surface area contributed by atoms with Crippen molar-refractivity contribution in [3.05, 3.63) is 6.42 Å². The van der Waals surface area contributed by atoms with Crippen molar-refractivity contribution in [2.45, 2.75) is 26.7 Å². The quantitative estimate of drug-likeness (QED) is 0.525. The smallest absolute Gasteiger partial charge is 0.130 e. The van der Waals surface area contributed by atoms with E-state index < -0.39 is 0 Å². The summed E-state index contributed by atoms with van der Waals surface area (Å²) < 4.78 is 0. The van der Waals surface area contributed by atoms with E-state index in [-0.39, 0.29) is 5.78 Å². The van der Waals surface area contributed by atoms with Crippen LogP contribution in [0.1, 0.15) is 26.7 Å². The van der Waals surface area contributed by atoms with Crippen molar-refractivity contribution in [3.63, 3.8) is 0 Å². The van der Waals surface area contributed by atoms with Gasteiger partial charge in [0, 0.05) is 6.42 Å². The summed E-state index contributed by atoms with van der Waals surface area (Å²) in [6.07, 6.45) is 3.61. The molecular formula is C6H11O. The Morgan fingerprint density at radius 2 is 2.29 bits per heavy atom. The number of rotatable bonds is 3. The van der Waals surface area contributed by atoms with Crippen LogP contribution in [0.25, 0.3) is 0 Å². The van der Waals surface area contributed by atoms with E-state index in [9.17, 15) is 4.79 Å². The Morgan fingerprint density at radius 3 is 2.43 bits per heavy atom. The molecule has 0 heterocycles.